The number of fused-ring (bicyclic) bond motifs is 1. The molecule has 0 radical (unpaired) electrons. The Morgan fingerprint density at radius 2 is 1.68 bits per heavy atom. The van der Waals surface area contributed by atoms with Gasteiger partial charge in [0.2, 0.25) is 5.91 Å². The monoisotopic (exact) mass is 563 g/mol. The summed E-state index contributed by atoms with van der Waals surface area (Å²) in [7, 11) is 0. The summed E-state index contributed by atoms with van der Waals surface area (Å²) in [5, 5.41) is 7.77. The van der Waals surface area contributed by atoms with Crippen molar-refractivity contribution in [3.8, 4) is 0 Å². The van der Waals surface area contributed by atoms with E-state index in [4.69, 9.17) is 4.74 Å². The van der Waals surface area contributed by atoms with Gasteiger partial charge in [0.1, 0.15) is 17.7 Å². The van der Waals surface area contributed by atoms with Crippen LogP contribution in [-0.4, -0.2) is 46.7 Å². The van der Waals surface area contributed by atoms with Crippen molar-refractivity contribution >= 4 is 47.0 Å². The molecule has 0 saturated heterocycles. The number of hydrogen-bond acceptors (Lipinski definition) is 5. The minimum absolute atomic E-state index is 0.0508. The Balaban J connectivity index is 1.99. The number of thiol groups is 1. The van der Waals surface area contributed by atoms with E-state index >= 15 is 0 Å². The van der Waals surface area contributed by atoms with Crippen LogP contribution in [-0.2, 0) is 14.3 Å². The maximum Gasteiger partial charge on any atom is 0.408 e. The van der Waals surface area contributed by atoms with Crippen molar-refractivity contribution < 1.29 is 19.1 Å². The van der Waals surface area contributed by atoms with Crippen LogP contribution in [0.3, 0.4) is 0 Å². The Morgan fingerprint density at radius 1 is 0.950 bits per heavy atom. The fraction of sp³-hybridized carbons (Fsp3) is 0.406. The summed E-state index contributed by atoms with van der Waals surface area (Å²) in [6.45, 7) is 9.64. The van der Waals surface area contributed by atoms with Gasteiger partial charge in [-0.2, -0.15) is 12.6 Å². The van der Waals surface area contributed by atoms with Crippen LogP contribution in [0.4, 0.5) is 10.5 Å². The number of hydrogen-bond donors (Lipinski definition) is 3. The van der Waals surface area contributed by atoms with E-state index in [1.165, 1.54) is 0 Å². The molecule has 0 heterocycles. The number of benzene rings is 3. The molecular formula is C32H41N3O4S. The predicted octanol–water partition coefficient (Wildman–Crippen LogP) is 6.67. The lowest BCUT2D eigenvalue weighted by atomic mass is 10.00. The summed E-state index contributed by atoms with van der Waals surface area (Å²) < 4.78 is 5.39. The van der Waals surface area contributed by atoms with E-state index in [-0.39, 0.29) is 11.7 Å². The van der Waals surface area contributed by atoms with Crippen molar-refractivity contribution in [3.63, 3.8) is 0 Å². The van der Waals surface area contributed by atoms with Crippen LogP contribution < -0.4 is 10.6 Å². The molecular weight excluding hydrogens is 522 g/mol. The molecule has 0 aliphatic carbocycles. The second kappa shape index (κ2) is 14.2. The lowest BCUT2D eigenvalue weighted by Crippen LogP contribution is -2.53. The van der Waals surface area contributed by atoms with Gasteiger partial charge in [0.15, 0.2) is 0 Å². The summed E-state index contributed by atoms with van der Waals surface area (Å²) in [5.74, 6) is -0.673. The lowest BCUT2D eigenvalue weighted by Gasteiger charge is -2.34. The molecule has 0 fully saturated rings. The molecule has 2 N–H and O–H groups in total. The summed E-state index contributed by atoms with van der Waals surface area (Å²) >= 11 is 4.37. The van der Waals surface area contributed by atoms with Crippen LogP contribution in [0.2, 0.25) is 0 Å². The van der Waals surface area contributed by atoms with E-state index in [1.807, 2.05) is 73.7 Å². The number of carbonyl (C=O) groups is 3. The first-order chi connectivity index (χ1) is 19.0. The number of nitrogens with zero attached hydrogens (tertiary/aromatic N) is 1. The Labute approximate surface area is 243 Å². The summed E-state index contributed by atoms with van der Waals surface area (Å²) in [4.78, 5) is 42.2. The zero-order valence-corrected chi connectivity index (χ0v) is 25.0. The number of nitrogens with one attached hydrogen (secondary N) is 2. The average molecular weight is 564 g/mol. The molecule has 0 spiro atoms. The van der Waals surface area contributed by atoms with Gasteiger partial charge in [-0.05, 0) is 62.6 Å². The van der Waals surface area contributed by atoms with Gasteiger partial charge in [-0.15, -0.1) is 0 Å². The van der Waals surface area contributed by atoms with Gasteiger partial charge in [0, 0.05) is 18.0 Å². The number of carbonyl (C=O) groups excluding carboxylic acids is 3. The third-order valence-electron chi connectivity index (χ3n) is 6.39. The van der Waals surface area contributed by atoms with Gasteiger partial charge >= 0.3 is 6.09 Å². The average Bonchev–Trinajstić information content (AvgIpc) is 2.90. The maximum absolute atomic E-state index is 14.0. The molecule has 0 bridgehead atoms. The van der Waals surface area contributed by atoms with Crippen molar-refractivity contribution in [1.29, 1.82) is 0 Å². The maximum atomic E-state index is 14.0. The van der Waals surface area contributed by atoms with E-state index < -0.39 is 29.7 Å². The molecule has 40 heavy (non-hydrogen) atoms. The Morgan fingerprint density at radius 3 is 2.33 bits per heavy atom. The van der Waals surface area contributed by atoms with E-state index in [0.29, 0.717) is 24.2 Å². The number of amides is 3. The summed E-state index contributed by atoms with van der Waals surface area (Å²) in [5.41, 5.74) is 1.58. The molecule has 7 nitrogen and oxygen atoms in total. The molecule has 214 valence electrons. The van der Waals surface area contributed by atoms with E-state index in [1.54, 1.807) is 25.7 Å². The SMILES string of the molecule is CCCCCN(C(=O)C(CS)NC(=O)OC(C)(C)C)C(C(=O)Nc1ccc2ccccc2c1)c1cccc(C)c1. The molecule has 3 aromatic rings. The van der Waals surface area contributed by atoms with Crippen molar-refractivity contribution in [2.24, 2.45) is 0 Å². The van der Waals surface area contributed by atoms with Crippen LogP contribution >= 0.6 is 12.6 Å². The topological polar surface area (TPSA) is 87.7 Å². The normalized spacial score (nSPS) is 12.8. The standard InChI is InChI=1S/C32H41N3O4S/c1-6-7-10-18-35(30(37)27(21-40)34-31(38)39-32(3,4)5)28(25-15-11-12-22(2)19-25)29(36)33-26-17-16-23-13-8-9-14-24(23)20-26/h8-9,11-17,19-20,27-28,40H,6-7,10,18,21H2,1-5H3,(H,33,36)(H,34,38). The highest BCUT2D eigenvalue weighted by molar-refractivity contribution is 7.80. The number of anilines is 1. The van der Waals surface area contributed by atoms with E-state index in [2.05, 4.69) is 30.2 Å². The van der Waals surface area contributed by atoms with Crippen molar-refractivity contribution in [2.75, 3.05) is 17.6 Å². The Kier molecular flexibility index (Phi) is 11.0. The van der Waals surface area contributed by atoms with Gasteiger partial charge in [-0.1, -0.05) is 79.9 Å². The van der Waals surface area contributed by atoms with Crippen molar-refractivity contribution in [1.82, 2.24) is 10.2 Å². The van der Waals surface area contributed by atoms with Crippen LogP contribution in [0, 0.1) is 6.92 Å². The van der Waals surface area contributed by atoms with Gasteiger partial charge in [-0.3, -0.25) is 9.59 Å². The van der Waals surface area contributed by atoms with Gasteiger partial charge in [-0.25, -0.2) is 4.79 Å². The zero-order chi connectivity index (χ0) is 29.3. The first-order valence-corrected chi connectivity index (χ1v) is 14.4. The molecule has 0 saturated carbocycles. The highest BCUT2D eigenvalue weighted by Gasteiger charge is 2.35. The lowest BCUT2D eigenvalue weighted by molar-refractivity contribution is -0.140. The quantitative estimate of drug-likeness (QED) is 0.180. The van der Waals surface area contributed by atoms with E-state index in [9.17, 15) is 14.4 Å². The molecule has 8 heteroatoms. The number of rotatable bonds is 11. The minimum atomic E-state index is -0.972. The molecule has 3 aromatic carbocycles. The number of ether oxygens (including phenoxy) is 1. The van der Waals surface area contributed by atoms with Gasteiger partial charge in [0.25, 0.3) is 5.91 Å². The first-order valence-electron chi connectivity index (χ1n) is 13.8. The van der Waals surface area contributed by atoms with Gasteiger partial charge in [0.05, 0.1) is 0 Å². The molecule has 3 amide bonds. The van der Waals surface area contributed by atoms with Crippen LogP contribution in [0.5, 0.6) is 0 Å². The highest BCUT2D eigenvalue weighted by Crippen LogP contribution is 2.27. The Bertz CT molecular complexity index is 1320. The van der Waals surface area contributed by atoms with Crippen LogP contribution in [0.15, 0.2) is 66.7 Å². The fourth-order valence-electron chi connectivity index (χ4n) is 4.52. The van der Waals surface area contributed by atoms with Crippen LogP contribution in [0.25, 0.3) is 10.8 Å². The Hall–Kier alpha value is -3.52. The second-order valence-electron chi connectivity index (χ2n) is 11.0. The minimum Gasteiger partial charge on any atom is -0.444 e. The molecule has 2 atom stereocenters. The third-order valence-corrected chi connectivity index (χ3v) is 6.76. The second-order valence-corrected chi connectivity index (χ2v) is 11.4. The number of aryl methyl sites for hydroxylation is 1. The molecule has 0 aliphatic rings. The molecule has 3 rings (SSSR count). The zero-order valence-electron chi connectivity index (χ0n) is 24.1. The molecule has 2 unspecified atom stereocenters. The molecule has 0 aliphatic heterocycles. The first kappa shape index (κ1) is 31.0. The number of alkyl carbamates (subject to hydrolysis) is 1. The predicted molar refractivity (Wildman–Crippen MR) is 165 cm³/mol. The van der Waals surface area contributed by atoms with Crippen molar-refractivity contribution in [3.05, 3.63) is 77.9 Å². The molecule has 0 aromatic heterocycles. The van der Waals surface area contributed by atoms with Crippen LogP contribution in [0.1, 0.15) is 64.1 Å². The largest absolute Gasteiger partial charge is 0.444 e. The van der Waals surface area contributed by atoms with E-state index in [0.717, 1.165) is 29.2 Å². The summed E-state index contributed by atoms with van der Waals surface area (Å²) in [6.07, 6.45) is 1.84. The third kappa shape index (κ3) is 8.74. The fourth-order valence-corrected chi connectivity index (χ4v) is 4.77. The summed E-state index contributed by atoms with van der Waals surface area (Å²) in [6, 6.07) is 19.4. The van der Waals surface area contributed by atoms with Crippen molar-refractivity contribution in [2.45, 2.75) is 71.6 Å². The smallest absolute Gasteiger partial charge is 0.408 e. The highest BCUT2D eigenvalue weighted by atomic mass is 32.1. The number of unbranched alkanes of at least 4 members (excludes halogenated alkanes) is 2. The van der Waals surface area contributed by atoms with Gasteiger partial charge < -0.3 is 20.3 Å².